The standard InChI is InChI=1S/C45H77N15O12/c1-23(2)20-32-42(69)54-27(10-15-46)37(64)53-30(13-18-49)41(68)60-35(24(3)61)44(71)51-19-14-31(55-38(65)29(12-17-48)56-45(72)36(25(4)62)59-34(63)22-50)40(67)52-28(11-16-47)39(66)58-33(43(70)57-32)21-26-8-6-5-7-9-26/h5-9,23-25,27-33,35-36,61-62H,10-22,46-50H2,1-4H3,(H,51,71)(H,52,67)(H,53,64)(H,54,69)(H,55,65)(H,56,72)(H,57,70)(H,58,66)(H,59,63)(H,60,68)/t24?,25?,27-,28-,29-,30-,31-,32-,33+,35-,36-/m0/s1. The minimum atomic E-state index is -1.66. The Bertz CT molecular complexity index is 1980. The van der Waals surface area contributed by atoms with E-state index in [4.69, 9.17) is 28.7 Å². The predicted molar refractivity (Wildman–Crippen MR) is 262 cm³/mol. The topological polar surface area (TPSA) is 462 Å². The van der Waals surface area contributed by atoms with Crippen LogP contribution < -0.4 is 81.8 Å². The lowest BCUT2D eigenvalue weighted by Crippen LogP contribution is -2.61. The highest BCUT2D eigenvalue weighted by Crippen LogP contribution is 2.11. The van der Waals surface area contributed by atoms with Gasteiger partial charge in [0.25, 0.3) is 0 Å². The summed E-state index contributed by atoms with van der Waals surface area (Å²) in [5.41, 5.74) is 29.3. The Balaban J connectivity index is 2.75. The van der Waals surface area contributed by atoms with Gasteiger partial charge < -0.3 is 92.0 Å². The van der Waals surface area contributed by atoms with Gasteiger partial charge in [0.15, 0.2) is 0 Å². The summed E-state index contributed by atoms with van der Waals surface area (Å²) in [5.74, 6) is -9.28. The molecule has 0 saturated carbocycles. The van der Waals surface area contributed by atoms with Crippen LogP contribution in [0.2, 0.25) is 0 Å². The van der Waals surface area contributed by atoms with Gasteiger partial charge in [-0.05, 0) is 90.0 Å². The quantitative estimate of drug-likeness (QED) is 0.0577. The largest absolute Gasteiger partial charge is 0.391 e. The molecule has 27 nitrogen and oxygen atoms in total. The first-order valence-corrected chi connectivity index (χ1v) is 24.0. The van der Waals surface area contributed by atoms with E-state index in [0.29, 0.717) is 5.56 Å². The highest BCUT2D eigenvalue weighted by Gasteiger charge is 2.37. The van der Waals surface area contributed by atoms with Gasteiger partial charge in [0.1, 0.15) is 54.4 Å². The molecule has 2 unspecified atom stereocenters. The van der Waals surface area contributed by atoms with Crippen molar-refractivity contribution in [2.24, 2.45) is 34.6 Å². The number of benzene rings is 1. The number of hydrogen-bond acceptors (Lipinski definition) is 17. The Morgan fingerprint density at radius 1 is 0.611 bits per heavy atom. The fourth-order valence-electron chi connectivity index (χ4n) is 7.41. The molecule has 1 aliphatic heterocycles. The highest BCUT2D eigenvalue weighted by atomic mass is 16.3. The third kappa shape index (κ3) is 20.8. The van der Waals surface area contributed by atoms with E-state index in [-0.39, 0.29) is 70.6 Å². The zero-order chi connectivity index (χ0) is 54.1. The molecule has 22 N–H and O–H groups in total. The lowest BCUT2D eigenvalue weighted by Gasteiger charge is -2.28. The van der Waals surface area contributed by atoms with Gasteiger partial charge in [-0.1, -0.05) is 44.2 Å². The first kappa shape index (κ1) is 61.8. The molecule has 1 heterocycles. The van der Waals surface area contributed by atoms with Gasteiger partial charge in [-0.25, -0.2) is 0 Å². The van der Waals surface area contributed by atoms with Crippen LogP contribution in [-0.2, 0) is 54.4 Å². The maximum Gasteiger partial charge on any atom is 0.245 e. The fourth-order valence-corrected chi connectivity index (χ4v) is 7.41. The van der Waals surface area contributed by atoms with Crippen LogP contribution in [0.3, 0.4) is 0 Å². The van der Waals surface area contributed by atoms with Crippen molar-refractivity contribution < 1.29 is 58.2 Å². The molecule has 1 aliphatic rings. The summed E-state index contributed by atoms with van der Waals surface area (Å²) in [7, 11) is 0. The Morgan fingerprint density at radius 3 is 1.58 bits per heavy atom. The number of nitrogens with one attached hydrogen (secondary N) is 10. The number of nitrogens with two attached hydrogens (primary N) is 5. The Hall–Kier alpha value is -6.36. The number of hydrogen-bond donors (Lipinski definition) is 17. The molecule has 27 heteroatoms. The molecule has 0 aromatic heterocycles. The molecule has 0 aliphatic carbocycles. The van der Waals surface area contributed by atoms with Crippen molar-refractivity contribution in [1.29, 1.82) is 0 Å². The van der Waals surface area contributed by atoms with Gasteiger partial charge in [-0.2, -0.15) is 0 Å². The van der Waals surface area contributed by atoms with E-state index >= 15 is 0 Å². The molecule has 2 rings (SSSR count). The van der Waals surface area contributed by atoms with Crippen LogP contribution in [0.4, 0.5) is 0 Å². The number of carbonyl (C=O) groups excluding carboxylic acids is 10. The predicted octanol–water partition coefficient (Wildman–Crippen LogP) is -7.73. The molecule has 0 radical (unpaired) electrons. The lowest BCUT2D eigenvalue weighted by atomic mass is 10.00. The smallest absolute Gasteiger partial charge is 0.245 e. The average molecular weight is 1020 g/mol. The van der Waals surface area contributed by atoms with E-state index in [2.05, 4.69) is 53.2 Å². The monoisotopic (exact) mass is 1020 g/mol. The van der Waals surface area contributed by atoms with E-state index in [0.717, 1.165) is 0 Å². The molecule has 10 amide bonds. The summed E-state index contributed by atoms with van der Waals surface area (Å²) in [5, 5.41) is 46.0. The van der Waals surface area contributed by atoms with Crippen molar-refractivity contribution in [1.82, 2.24) is 53.2 Å². The van der Waals surface area contributed by atoms with E-state index in [9.17, 15) is 58.2 Å². The summed E-state index contributed by atoms with van der Waals surface area (Å²) in [4.78, 5) is 137. The van der Waals surface area contributed by atoms with Crippen LogP contribution in [-0.4, -0.2) is 175 Å². The third-order valence-corrected chi connectivity index (χ3v) is 11.3. The van der Waals surface area contributed by atoms with Gasteiger partial charge in [-0.15, -0.1) is 0 Å². The van der Waals surface area contributed by atoms with Gasteiger partial charge in [-0.3, -0.25) is 47.9 Å². The Labute approximate surface area is 418 Å². The minimum Gasteiger partial charge on any atom is -0.391 e. The van der Waals surface area contributed by atoms with Crippen LogP contribution >= 0.6 is 0 Å². The number of aliphatic hydroxyl groups is 2. The molecule has 72 heavy (non-hydrogen) atoms. The Morgan fingerprint density at radius 2 is 1.10 bits per heavy atom. The van der Waals surface area contributed by atoms with E-state index in [1.54, 1.807) is 44.2 Å². The number of carbonyl (C=O) groups is 10. The number of rotatable bonds is 20. The summed E-state index contributed by atoms with van der Waals surface area (Å²) >= 11 is 0. The van der Waals surface area contributed by atoms with Crippen molar-refractivity contribution in [3.8, 4) is 0 Å². The summed E-state index contributed by atoms with van der Waals surface area (Å²) in [6.45, 7) is 4.43. The second kappa shape index (κ2) is 31.9. The van der Waals surface area contributed by atoms with Crippen molar-refractivity contribution in [2.75, 3.05) is 39.3 Å². The maximum absolute atomic E-state index is 14.3. The number of aliphatic hydroxyl groups excluding tert-OH is 2. The maximum atomic E-state index is 14.3. The molecular formula is C45H77N15O12. The third-order valence-electron chi connectivity index (χ3n) is 11.3. The summed E-state index contributed by atoms with van der Waals surface area (Å²) in [6.07, 6.45) is -4.19. The first-order valence-electron chi connectivity index (χ1n) is 24.0. The lowest BCUT2D eigenvalue weighted by molar-refractivity contribution is -0.136. The second-order valence-electron chi connectivity index (χ2n) is 17.9. The van der Waals surface area contributed by atoms with Gasteiger partial charge in [0, 0.05) is 13.0 Å². The van der Waals surface area contributed by atoms with Crippen LogP contribution in [0.5, 0.6) is 0 Å². The Kier molecular flexibility index (Phi) is 27.3. The molecule has 0 bridgehead atoms. The molecule has 1 aromatic rings. The molecule has 0 spiro atoms. The van der Waals surface area contributed by atoms with Crippen LogP contribution in [0.25, 0.3) is 0 Å². The second-order valence-corrected chi connectivity index (χ2v) is 17.9. The SMILES string of the molecule is CC(C)C[C@@H]1NC(=O)[C@@H](Cc2ccccc2)NC(=O)[C@H](CCN)NC(=O)[C@@H](NC(=O)[C@H](CCN)NC(=O)[C@@H](NC(=O)CN)C(C)O)CCNC(=O)[C@H](C(C)O)NC(=O)[C@H](CCN)NC(=O)[C@H](CCN)NC1=O. The zero-order valence-corrected chi connectivity index (χ0v) is 41.4. The molecule has 1 aromatic carbocycles. The molecule has 1 saturated heterocycles. The van der Waals surface area contributed by atoms with Crippen molar-refractivity contribution >= 4 is 59.1 Å². The minimum absolute atomic E-state index is 0.0578. The average Bonchev–Trinajstić information content (AvgIpc) is 3.32. The summed E-state index contributed by atoms with van der Waals surface area (Å²) < 4.78 is 0. The van der Waals surface area contributed by atoms with Crippen molar-refractivity contribution in [3.63, 3.8) is 0 Å². The number of amides is 10. The van der Waals surface area contributed by atoms with E-state index < -0.39 is 145 Å². The van der Waals surface area contributed by atoms with Gasteiger partial charge in [0.2, 0.25) is 59.1 Å². The molecule has 1 fully saturated rings. The normalized spacial score (nSPS) is 24.1. The van der Waals surface area contributed by atoms with E-state index in [1.807, 2.05) is 0 Å². The summed E-state index contributed by atoms with van der Waals surface area (Å²) in [6, 6.07) is -4.64. The fraction of sp³-hybridized carbons (Fsp3) is 0.644. The zero-order valence-electron chi connectivity index (χ0n) is 41.4. The van der Waals surface area contributed by atoms with Crippen LogP contribution in [0, 0.1) is 5.92 Å². The molecule has 404 valence electrons. The van der Waals surface area contributed by atoms with Crippen molar-refractivity contribution in [3.05, 3.63) is 35.9 Å². The van der Waals surface area contributed by atoms with Crippen LogP contribution in [0.15, 0.2) is 30.3 Å². The van der Waals surface area contributed by atoms with E-state index in [1.165, 1.54) is 13.8 Å². The van der Waals surface area contributed by atoms with Crippen LogP contribution in [0.1, 0.15) is 71.8 Å². The molecular weight excluding hydrogens is 943 g/mol. The van der Waals surface area contributed by atoms with Gasteiger partial charge in [0.05, 0.1) is 18.8 Å². The van der Waals surface area contributed by atoms with Gasteiger partial charge >= 0.3 is 0 Å². The molecule has 11 atom stereocenters. The highest BCUT2D eigenvalue weighted by molar-refractivity contribution is 5.99. The first-order chi connectivity index (χ1) is 34.1. The van der Waals surface area contributed by atoms with Crippen molar-refractivity contribution in [2.45, 2.75) is 139 Å².